The Morgan fingerprint density at radius 1 is 1.59 bits per heavy atom. The van der Waals surface area contributed by atoms with Crippen molar-refractivity contribution >= 4 is 22.6 Å². The number of nitro benzene ring substituents is 1. The molecule has 1 fully saturated rings. The number of ether oxygens (including phenoxy) is 1. The molecular weight excluding hydrogens is 309 g/mol. The molecule has 1 aromatic carbocycles. The highest BCUT2D eigenvalue weighted by Crippen LogP contribution is 2.47. The number of halogens is 1. The third-order valence-electron chi connectivity index (χ3n) is 4.25. The van der Waals surface area contributed by atoms with Crippen LogP contribution in [0.2, 0.25) is 0 Å². The summed E-state index contributed by atoms with van der Waals surface area (Å²) < 4.78 is 20.1. The Labute approximate surface area is 131 Å². The Morgan fingerprint density at radius 2 is 2.36 bits per heavy atom. The van der Waals surface area contributed by atoms with E-state index in [1.807, 2.05) is 6.92 Å². The zero-order valence-corrected chi connectivity index (χ0v) is 12.8. The predicted molar refractivity (Wildman–Crippen MR) is 82.3 cm³/mol. The second-order valence-corrected chi connectivity index (χ2v) is 6.70. The van der Waals surface area contributed by atoms with Gasteiger partial charge in [-0.05, 0) is 19.4 Å². The monoisotopic (exact) mass is 325 g/mol. The topological polar surface area (TPSA) is 90.8 Å². The molecule has 118 valence electrons. The molecule has 6 nitrogen and oxygen atoms in total. The van der Waals surface area contributed by atoms with Crippen LogP contribution < -0.4 is 5.73 Å². The standard InChI is InChI=1S/C14H16FN3O3S/c1-8-4-9-6-22-13(16)17-14(9,7-21-8)11-5-10(18(19)20)2-3-12(11)15/h2-3,5,8-9H,4,6-7H2,1H3,(H2,16,17)/t8-,9?,14-/m0/s1. The molecule has 22 heavy (non-hydrogen) atoms. The van der Waals surface area contributed by atoms with Crippen LogP contribution >= 0.6 is 11.8 Å². The molecule has 0 saturated carbocycles. The largest absolute Gasteiger partial charge is 0.379 e. The number of fused-ring (bicyclic) bond motifs is 1. The van der Waals surface area contributed by atoms with E-state index in [2.05, 4.69) is 4.99 Å². The molecule has 1 saturated heterocycles. The number of nitro groups is 1. The van der Waals surface area contributed by atoms with Gasteiger partial charge in [-0.1, -0.05) is 11.8 Å². The van der Waals surface area contributed by atoms with Crippen LogP contribution in [0.1, 0.15) is 18.9 Å². The molecule has 8 heteroatoms. The first kappa shape index (κ1) is 15.2. The lowest BCUT2D eigenvalue weighted by atomic mass is 9.75. The van der Waals surface area contributed by atoms with Gasteiger partial charge in [-0.3, -0.25) is 10.1 Å². The van der Waals surface area contributed by atoms with Crippen LogP contribution in [-0.2, 0) is 10.3 Å². The molecule has 2 heterocycles. The molecule has 3 atom stereocenters. The van der Waals surface area contributed by atoms with E-state index in [1.165, 1.54) is 17.8 Å². The third kappa shape index (κ3) is 2.46. The molecular formula is C14H16FN3O3S. The molecule has 0 aromatic heterocycles. The minimum Gasteiger partial charge on any atom is -0.379 e. The number of amidine groups is 1. The second kappa shape index (κ2) is 5.51. The highest BCUT2D eigenvalue weighted by molar-refractivity contribution is 8.13. The van der Waals surface area contributed by atoms with E-state index in [0.29, 0.717) is 17.3 Å². The van der Waals surface area contributed by atoms with E-state index in [1.54, 1.807) is 0 Å². The third-order valence-corrected chi connectivity index (χ3v) is 5.21. The summed E-state index contributed by atoms with van der Waals surface area (Å²) in [5.74, 6) is 0.216. The maximum Gasteiger partial charge on any atom is 0.270 e. The van der Waals surface area contributed by atoms with Crippen molar-refractivity contribution < 1.29 is 14.1 Å². The van der Waals surface area contributed by atoms with Crippen molar-refractivity contribution in [2.45, 2.75) is 25.0 Å². The van der Waals surface area contributed by atoms with Gasteiger partial charge in [-0.25, -0.2) is 9.38 Å². The zero-order chi connectivity index (χ0) is 15.9. The molecule has 0 spiro atoms. The van der Waals surface area contributed by atoms with Crippen molar-refractivity contribution in [1.29, 1.82) is 0 Å². The minimum atomic E-state index is -0.974. The summed E-state index contributed by atoms with van der Waals surface area (Å²) in [4.78, 5) is 14.9. The van der Waals surface area contributed by atoms with Gasteiger partial charge < -0.3 is 10.5 Å². The molecule has 0 radical (unpaired) electrons. The fourth-order valence-electron chi connectivity index (χ4n) is 3.11. The summed E-state index contributed by atoms with van der Waals surface area (Å²) in [6.07, 6.45) is 0.765. The number of nitrogens with zero attached hydrogens (tertiary/aromatic N) is 2. The van der Waals surface area contributed by atoms with Gasteiger partial charge in [0.25, 0.3) is 5.69 Å². The summed E-state index contributed by atoms with van der Waals surface area (Å²) >= 11 is 1.43. The van der Waals surface area contributed by atoms with E-state index < -0.39 is 16.3 Å². The predicted octanol–water partition coefficient (Wildman–Crippen LogP) is 2.42. The van der Waals surface area contributed by atoms with Gasteiger partial charge >= 0.3 is 0 Å². The summed E-state index contributed by atoms with van der Waals surface area (Å²) in [6.45, 7) is 2.14. The molecule has 2 N–H and O–H groups in total. The van der Waals surface area contributed by atoms with Gasteiger partial charge in [0.1, 0.15) is 11.4 Å². The van der Waals surface area contributed by atoms with Gasteiger partial charge in [0.2, 0.25) is 0 Å². The van der Waals surface area contributed by atoms with Crippen LogP contribution in [0.15, 0.2) is 23.2 Å². The van der Waals surface area contributed by atoms with Crippen molar-refractivity contribution in [2.24, 2.45) is 16.6 Å². The molecule has 1 aromatic rings. The number of nitrogens with two attached hydrogens (primary N) is 1. The van der Waals surface area contributed by atoms with Crippen molar-refractivity contribution in [1.82, 2.24) is 0 Å². The smallest absolute Gasteiger partial charge is 0.270 e. The average molecular weight is 325 g/mol. The van der Waals surface area contributed by atoms with Crippen LogP contribution in [0.25, 0.3) is 0 Å². The van der Waals surface area contributed by atoms with Crippen LogP contribution in [0.5, 0.6) is 0 Å². The number of non-ortho nitro benzene ring substituents is 1. The zero-order valence-electron chi connectivity index (χ0n) is 12.0. The number of aliphatic imine (C=N–C) groups is 1. The molecule has 0 aliphatic carbocycles. The normalized spacial score (nSPS) is 31.3. The van der Waals surface area contributed by atoms with Crippen LogP contribution in [0.4, 0.5) is 10.1 Å². The minimum absolute atomic E-state index is 0.0325. The first-order valence-corrected chi connectivity index (χ1v) is 7.95. The number of hydrogen-bond donors (Lipinski definition) is 1. The molecule has 2 aliphatic rings. The number of rotatable bonds is 2. The lowest BCUT2D eigenvalue weighted by Gasteiger charge is -2.45. The SMILES string of the molecule is C[C@H]1CC2CSC(N)=N[C@@]2(c2cc([N+](=O)[O-])ccc2F)CO1. The first-order valence-electron chi connectivity index (χ1n) is 6.96. The van der Waals surface area contributed by atoms with Gasteiger partial charge in [-0.2, -0.15) is 0 Å². The van der Waals surface area contributed by atoms with E-state index in [-0.39, 0.29) is 29.9 Å². The fraction of sp³-hybridized carbons (Fsp3) is 0.500. The Morgan fingerprint density at radius 3 is 3.09 bits per heavy atom. The first-order chi connectivity index (χ1) is 10.4. The van der Waals surface area contributed by atoms with Crippen LogP contribution in [0.3, 0.4) is 0 Å². The maximum absolute atomic E-state index is 14.4. The lowest BCUT2D eigenvalue weighted by Crippen LogP contribution is -2.49. The molecule has 0 amide bonds. The highest BCUT2D eigenvalue weighted by atomic mass is 32.2. The quantitative estimate of drug-likeness (QED) is 0.666. The van der Waals surface area contributed by atoms with Crippen molar-refractivity contribution in [3.8, 4) is 0 Å². The van der Waals surface area contributed by atoms with Gasteiger partial charge in [0.05, 0.1) is 17.6 Å². The van der Waals surface area contributed by atoms with Crippen molar-refractivity contribution in [2.75, 3.05) is 12.4 Å². The van der Waals surface area contributed by atoms with Crippen molar-refractivity contribution in [3.63, 3.8) is 0 Å². The van der Waals surface area contributed by atoms with E-state index in [4.69, 9.17) is 10.5 Å². The summed E-state index contributed by atoms with van der Waals surface area (Å²) in [5.41, 5.74) is 4.91. The Kier molecular flexibility index (Phi) is 3.82. The van der Waals surface area contributed by atoms with Crippen molar-refractivity contribution in [3.05, 3.63) is 39.7 Å². The Hall–Kier alpha value is -1.67. The van der Waals surface area contributed by atoms with E-state index in [9.17, 15) is 14.5 Å². The van der Waals surface area contributed by atoms with Gasteiger partial charge in [0.15, 0.2) is 5.17 Å². The van der Waals surface area contributed by atoms with Gasteiger partial charge in [-0.15, -0.1) is 0 Å². The lowest BCUT2D eigenvalue weighted by molar-refractivity contribution is -0.385. The number of hydrogen-bond acceptors (Lipinski definition) is 6. The Balaban J connectivity index is 2.15. The average Bonchev–Trinajstić information content (AvgIpc) is 2.48. The van der Waals surface area contributed by atoms with Crippen LogP contribution in [0, 0.1) is 21.8 Å². The van der Waals surface area contributed by atoms with E-state index >= 15 is 0 Å². The molecule has 1 unspecified atom stereocenters. The second-order valence-electron chi connectivity index (χ2n) is 5.66. The summed E-state index contributed by atoms with van der Waals surface area (Å²) in [7, 11) is 0. The van der Waals surface area contributed by atoms with E-state index in [0.717, 1.165) is 12.1 Å². The Bertz CT molecular complexity index is 654. The molecule has 2 aliphatic heterocycles. The number of thioether (sulfide) groups is 1. The molecule has 0 bridgehead atoms. The molecule has 3 rings (SSSR count). The van der Waals surface area contributed by atoms with Gasteiger partial charge in [0, 0.05) is 29.4 Å². The fourth-order valence-corrected chi connectivity index (χ4v) is 4.12. The maximum atomic E-state index is 14.4. The van der Waals surface area contributed by atoms with Crippen LogP contribution in [-0.4, -0.2) is 28.6 Å². The number of benzene rings is 1. The highest BCUT2D eigenvalue weighted by Gasteiger charge is 2.49. The summed E-state index contributed by atoms with van der Waals surface area (Å²) in [6, 6.07) is 3.53. The summed E-state index contributed by atoms with van der Waals surface area (Å²) in [5, 5.41) is 11.4.